The molecule has 4 heteroatoms. The molecule has 2 aliphatic rings. The zero-order valence-electron chi connectivity index (χ0n) is 30.4. The normalized spacial score (nSPS) is 16.0. The smallest absolute Gasteiger partial charge is 0.164 e. The van der Waals surface area contributed by atoms with E-state index in [1.807, 2.05) is 48.5 Å². The second kappa shape index (κ2) is 10.6. The van der Waals surface area contributed by atoms with Crippen molar-refractivity contribution in [2.24, 2.45) is 0 Å². The molecule has 252 valence electrons. The van der Waals surface area contributed by atoms with Crippen LogP contribution >= 0.6 is 0 Å². The lowest BCUT2D eigenvalue weighted by Gasteiger charge is -2.48. The highest BCUT2D eigenvalue weighted by atomic mass is 16.3. The van der Waals surface area contributed by atoms with Crippen LogP contribution in [0.1, 0.15) is 63.8 Å². The Morgan fingerprint density at radius 1 is 0.404 bits per heavy atom. The molecule has 10 rings (SSSR count). The first-order valence-corrected chi connectivity index (χ1v) is 18.2. The molecule has 0 aliphatic heterocycles. The number of para-hydroxylation sites is 1. The highest BCUT2D eigenvalue weighted by molar-refractivity contribution is 6.11. The number of benzene rings is 6. The average molecular weight is 674 g/mol. The summed E-state index contributed by atoms with van der Waals surface area (Å²) in [5, 5.41) is 2.06. The molecule has 52 heavy (non-hydrogen) atoms. The second-order valence-corrected chi connectivity index (χ2v) is 16.1. The van der Waals surface area contributed by atoms with Gasteiger partial charge in [0.25, 0.3) is 0 Å². The zero-order chi connectivity index (χ0) is 35.6. The van der Waals surface area contributed by atoms with Crippen molar-refractivity contribution in [3.8, 4) is 56.4 Å². The van der Waals surface area contributed by atoms with Crippen LogP contribution in [0.2, 0.25) is 0 Å². The topological polar surface area (TPSA) is 51.8 Å². The zero-order valence-corrected chi connectivity index (χ0v) is 30.4. The van der Waals surface area contributed by atoms with E-state index in [4.69, 9.17) is 19.4 Å². The highest BCUT2D eigenvalue weighted by Crippen LogP contribution is 2.58. The minimum Gasteiger partial charge on any atom is -0.456 e. The first kappa shape index (κ1) is 30.9. The second-order valence-electron chi connectivity index (χ2n) is 16.1. The molecule has 0 saturated heterocycles. The van der Waals surface area contributed by atoms with Crippen molar-refractivity contribution in [3.63, 3.8) is 0 Å². The number of hydrogen-bond acceptors (Lipinski definition) is 4. The van der Waals surface area contributed by atoms with Crippen LogP contribution in [0.3, 0.4) is 0 Å². The number of furan rings is 1. The molecule has 4 nitrogen and oxygen atoms in total. The largest absolute Gasteiger partial charge is 0.456 e. The van der Waals surface area contributed by atoms with Gasteiger partial charge < -0.3 is 4.42 Å². The standard InChI is InChI=1S/C48H39N3O/c1-46(2)37-25-29(23-24-31(37)34-27-39-35(26-38(34)46)30-17-10-12-20-36(30)47(3,4)48(39,5)6)44-49-43(28-15-8-7-9-16-28)50-45(51-44)33-19-14-22-41-42(33)32-18-11-13-21-40(32)52-41/h7-27H,1-6H3. The molecular weight excluding hydrogens is 635 g/mol. The van der Waals surface area contributed by atoms with E-state index in [0.717, 1.165) is 38.6 Å². The molecule has 0 amide bonds. The van der Waals surface area contributed by atoms with Crippen molar-refractivity contribution in [1.29, 1.82) is 0 Å². The van der Waals surface area contributed by atoms with Gasteiger partial charge in [0, 0.05) is 32.9 Å². The van der Waals surface area contributed by atoms with Gasteiger partial charge >= 0.3 is 0 Å². The van der Waals surface area contributed by atoms with Crippen molar-refractivity contribution in [2.45, 2.75) is 57.8 Å². The summed E-state index contributed by atoms with van der Waals surface area (Å²) in [6.45, 7) is 14.3. The number of nitrogens with zero attached hydrogens (tertiary/aromatic N) is 3. The summed E-state index contributed by atoms with van der Waals surface area (Å²) in [7, 11) is 0. The Morgan fingerprint density at radius 2 is 0.981 bits per heavy atom. The van der Waals surface area contributed by atoms with E-state index in [9.17, 15) is 0 Å². The van der Waals surface area contributed by atoms with Crippen molar-refractivity contribution in [1.82, 2.24) is 15.0 Å². The number of hydrogen-bond donors (Lipinski definition) is 0. The van der Waals surface area contributed by atoms with Gasteiger partial charge in [0.05, 0.1) is 0 Å². The molecule has 2 heterocycles. The Balaban J connectivity index is 1.16. The lowest BCUT2D eigenvalue weighted by atomic mass is 9.55. The summed E-state index contributed by atoms with van der Waals surface area (Å²) < 4.78 is 6.26. The maximum atomic E-state index is 6.26. The number of aromatic nitrogens is 3. The Bertz CT molecular complexity index is 2770. The average Bonchev–Trinajstić information content (AvgIpc) is 3.65. The molecule has 2 aromatic heterocycles. The fraction of sp³-hybridized carbons (Fsp3) is 0.188. The first-order chi connectivity index (χ1) is 25.0. The van der Waals surface area contributed by atoms with E-state index in [0.29, 0.717) is 17.5 Å². The molecule has 0 N–H and O–H groups in total. The summed E-state index contributed by atoms with van der Waals surface area (Å²) in [5.74, 6) is 1.92. The Kier molecular flexibility index (Phi) is 6.29. The van der Waals surface area contributed by atoms with E-state index in [-0.39, 0.29) is 16.2 Å². The van der Waals surface area contributed by atoms with Gasteiger partial charge in [-0.05, 0) is 85.7 Å². The van der Waals surface area contributed by atoms with Gasteiger partial charge in [-0.25, -0.2) is 15.0 Å². The molecule has 0 saturated carbocycles. The van der Waals surface area contributed by atoms with Gasteiger partial charge in [-0.3, -0.25) is 0 Å². The van der Waals surface area contributed by atoms with Gasteiger partial charge in [-0.15, -0.1) is 0 Å². The molecule has 2 aliphatic carbocycles. The van der Waals surface area contributed by atoms with E-state index in [2.05, 4.69) is 120 Å². The van der Waals surface area contributed by atoms with Crippen LogP contribution in [-0.2, 0) is 16.2 Å². The number of rotatable bonds is 3. The van der Waals surface area contributed by atoms with Crippen LogP contribution in [0.4, 0.5) is 0 Å². The molecule has 8 aromatic rings. The minimum atomic E-state index is -0.221. The molecule has 0 unspecified atom stereocenters. The molecule has 0 spiro atoms. The van der Waals surface area contributed by atoms with Crippen LogP contribution in [0.5, 0.6) is 0 Å². The summed E-state index contributed by atoms with van der Waals surface area (Å²) in [6.07, 6.45) is 0. The van der Waals surface area contributed by atoms with E-state index in [1.54, 1.807) is 0 Å². The minimum absolute atomic E-state index is 0.0223. The van der Waals surface area contributed by atoms with Gasteiger partial charge in [-0.1, -0.05) is 139 Å². The van der Waals surface area contributed by atoms with Crippen LogP contribution in [0, 0.1) is 0 Å². The quantitative estimate of drug-likeness (QED) is 0.187. The third-order valence-electron chi connectivity index (χ3n) is 12.5. The van der Waals surface area contributed by atoms with Crippen LogP contribution in [0.15, 0.2) is 132 Å². The fourth-order valence-electron chi connectivity index (χ4n) is 8.90. The first-order valence-electron chi connectivity index (χ1n) is 18.2. The predicted octanol–water partition coefficient (Wildman–Crippen LogP) is 12.3. The van der Waals surface area contributed by atoms with Gasteiger partial charge in [0.1, 0.15) is 11.2 Å². The maximum absolute atomic E-state index is 6.26. The molecule has 0 fully saturated rings. The Hall–Kier alpha value is -5.87. The SMILES string of the molecule is CC1(C)c2cc(-c3nc(-c4ccccc4)nc(-c4cccc5oc6ccccc6c45)n3)ccc2-c2cc3c(cc21)-c1ccccc1C(C)(C)C3(C)C. The summed E-state index contributed by atoms with van der Waals surface area (Å²) >= 11 is 0. The van der Waals surface area contributed by atoms with Gasteiger partial charge in [-0.2, -0.15) is 0 Å². The van der Waals surface area contributed by atoms with Crippen molar-refractivity contribution in [2.75, 3.05) is 0 Å². The number of fused-ring (bicyclic) bond motifs is 9. The maximum Gasteiger partial charge on any atom is 0.164 e. The van der Waals surface area contributed by atoms with Crippen LogP contribution in [-0.4, -0.2) is 15.0 Å². The van der Waals surface area contributed by atoms with Gasteiger partial charge in [0.2, 0.25) is 0 Å². The van der Waals surface area contributed by atoms with Crippen molar-refractivity contribution >= 4 is 21.9 Å². The van der Waals surface area contributed by atoms with Crippen LogP contribution in [0.25, 0.3) is 78.4 Å². The van der Waals surface area contributed by atoms with Crippen molar-refractivity contribution < 1.29 is 4.42 Å². The van der Waals surface area contributed by atoms with Crippen LogP contribution < -0.4 is 0 Å². The van der Waals surface area contributed by atoms with E-state index < -0.39 is 0 Å². The van der Waals surface area contributed by atoms with Crippen molar-refractivity contribution in [3.05, 3.63) is 150 Å². The Labute approximate surface area is 304 Å². The lowest BCUT2D eigenvalue weighted by Crippen LogP contribution is -2.43. The predicted molar refractivity (Wildman–Crippen MR) is 212 cm³/mol. The summed E-state index contributed by atoms with van der Waals surface area (Å²) in [5.41, 5.74) is 15.0. The summed E-state index contributed by atoms with van der Waals surface area (Å²) in [4.78, 5) is 15.4. The van der Waals surface area contributed by atoms with E-state index in [1.165, 1.54) is 44.5 Å². The summed E-state index contributed by atoms with van der Waals surface area (Å²) in [6, 6.07) is 45.2. The molecule has 0 radical (unpaired) electrons. The van der Waals surface area contributed by atoms with Gasteiger partial charge in [0.15, 0.2) is 17.5 Å². The third-order valence-corrected chi connectivity index (χ3v) is 12.5. The molecule has 0 bridgehead atoms. The monoisotopic (exact) mass is 673 g/mol. The molecule has 6 aromatic carbocycles. The fourth-order valence-corrected chi connectivity index (χ4v) is 8.90. The lowest BCUT2D eigenvalue weighted by molar-refractivity contribution is 0.299. The third kappa shape index (κ3) is 4.18. The molecular formula is C48H39N3O. The highest BCUT2D eigenvalue weighted by Gasteiger charge is 2.47. The Morgan fingerprint density at radius 3 is 1.81 bits per heavy atom. The molecule has 0 atom stereocenters. The van der Waals surface area contributed by atoms with E-state index >= 15 is 0 Å².